The lowest BCUT2D eigenvalue weighted by atomic mass is 9.35. The molecule has 34 heavy (non-hydrogen) atoms. The Morgan fingerprint density at radius 3 is 2.76 bits per heavy atom. The zero-order valence-electron chi connectivity index (χ0n) is 20.1. The fraction of sp³-hybridized carbons (Fsp3) is 0.704. The molecule has 1 spiro atoms. The lowest BCUT2D eigenvalue weighted by Gasteiger charge is -2.68. The van der Waals surface area contributed by atoms with Crippen molar-refractivity contribution in [3.05, 3.63) is 34.5 Å². The Balaban J connectivity index is 1.51. The number of aliphatic hydroxyl groups excluding tert-OH is 2. The molecule has 2 N–H and O–H groups in total. The summed E-state index contributed by atoms with van der Waals surface area (Å²) in [6, 6.07) is 3.74. The average Bonchev–Trinajstić information content (AvgIpc) is 3.36. The van der Waals surface area contributed by atoms with E-state index >= 15 is 0 Å². The van der Waals surface area contributed by atoms with Crippen LogP contribution in [0.1, 0.15) is 70.0 Å². The fourth-order valence-electron chi connectivity index (χ4n) is 8.27. The Hall–Kier alpha value is -1.54. The molecule has 1 aromatic heterocycles. The summed E-state index contributed by atoms with van der Waals surface area (Å²) in [5, 5.41) is 24.1. The van der Waals surface area contributed by atoms with Crippen molar-refractivity contribution in [1.82, 2.24) is 0 Å². The van der Waals surface area contributed by atoms with Gasteiger partial charge in [-0.1, -0.05) is 26.0 Å². The number of hydrogen-bond acceptors (Lipinski definition) is 7. The van der Waals surface area contributed by atoms with E-state index in [0.717, 1.165) is 37.0 Å². The van der Waals surface area contributed by atoms with Crippen molar-refractivity contribution in [3.8, 4) is 0 Å². The largest absolute Gasteiger partial charge is 0.465 e. The number of carbonyl (C=O) groups excluding carboxylic acids is 2. The van der Waals surface area contributed by atoms with Crippen LogP contribution in [-0.4, -0.2) is 41.3 Å². The summed E-state index contributed by atoms with van der Waals surface area (Å²) in [6.45, 7) is 8.32. The highest BCUT2D eigenvalue weighted by molar-refractivity contribution is 7.10. The van der Waals surface area contributed by atoms with Crippen molar-refractivity contribution < 1.29 is 29.3 Å². The van der Waals surface area contributed by atoms with Crippen LogP contribution in [0.15, 0.2) is 29.7 Å². The molecule has 2 bridgehead atoms. The van der Waals surface area contributed by atoms with E-state index in [0.29, 0.717) is 25.0 Å². The minimum Gasteiger partial charge on any atom is -0.465 e. The van der Waals surface area contributed by atoms with Crippen molar-refractivity contribution >= 4 is 23.1 Å². The van der Waals surface area contributed by atoms with Gasteiger partial charge in [-0.2, -0.15) is 0 Å². The Morgan fingerprint density at radius 1 is 1.26 bits per heavy atom. The highest BCUT2D eigenvalue weighted by Gasteiger charge is 2.71. The van der Waals surface area contributed by atoms with Gasteiger partial charge in [-0.05, 0) is 78.7 Å². The van der Waals surface area contributed by atoms with Crippen LogP contribution in [0, 0.1) is 34.0 Å². The molecule has 5 aliphatic carbocycles. The molecule has 6 rings (SSSR count). The second-order valence-electron chi connectivity index (χ2n) is 11.4. The highest BCUT2D eigenvalue weighted by Crippen LogP contribution is 2.71. The van der Waals surface area contributed by atoms with Gasteiger partial charge >= 0.3 is 5.97 Å². The number of hydrogen-bond donors (Lipinski definition) is 2. The molecule has 186 valence electrons. The summed E-state index contributed by atoms with van der Waals surface area (Å²) in [4.78, 5) is 26.3. The van der Waals surface area contributed by atoms with Crippen LogP contribution >= 0.6 is 11.3 Å². The molecule has 7 heteroatoms. The van der Waals surface area contributed by atoms with Crippen LogP contribution in [0.4, 0.5) is 0 Å². The molecule has 1 heterocycles. The van der Waals surface area contributed by atoms with Gasteiger partial charge in [-0.3, -0.25) is 9.59 Å². The molecular formula is C27H36O6S. The lowest BCUT2D eigenvalue weighted by molar-refractivity contribution is -0.245. The molecule has 5 aliphatic rings. The summed E-state index contributed by atoms with van der Waals surface area (Å²) in [5.74, 6) is -0.183. The van der Waals surface area contributed by atoms with Gasteiger partial charge < -0.3 is 19.7 Å². The molecule has 8 unspecified atom stereocenters. The van der Waals surface area contributed by atoms with E-state index in [1.807, 2.05) is 17.5 Å². The first kappa shape index (κ1) is 24.2. The summed E-state index contributed by atoms with van der Waals surface area (Å²) < 4.78 is 11.7. The molecule has 1 aromatic rings. The summed E-state index contributed by atoms with van der Waals surface area (Å²) >= 11 is 1.45. The maximum Gasteiger partial charge on any atom is 0.302 e. The second-order valence-corrected chi connectivity index (χ2v) is 12.4. The molecular weight excluding hydrogens is 452 g/mol. The van der Waals surface area contributed by atoms with Crippen molar-refractivity contribution in [2.24, 2.45) is 34.0 Å². The number of aliphatic hydroxyl groups is 2. The molecule has 8 atom stereocenters. The normalized spacial score (nSPS) is 42.1. The lowest BCUT2D eigenvalue weighted by Crippen LogP contribution is -2.70. The zero-order valence-corrected chi connectivity index (χ0v) is 20.9. The van der Waals surface area contributed by atoms with Gasteiger partial charge in [0.05, 0.1) is 29.6 Å². The second kappa shape index (κ2) is 8.54. The summed E-state index contributed by atoms with van der Waals surface area (Å²) in [7, 11) is 0. The van der Waals surface area contributed by atoms with Crippen LogP contribution in [-0.2, 0) is 19.1 Å². The first-order chi connectivity index (χ1) is 16.1. The van der Waals surface area contributed by atoms with Gasteiger partial charge in [0.15, 0.2) is 12.1 Å². The molecule has 0 amide bonds. The van der Waals surface area contributed by atoms with E-state index in [1.54, 1.807) is 0 Å². The smallest absolute Gasteiger partial charge is 0.302 e. The zero-order chi connectivity index (χ0) is 24.3. The van der Waals surface area contributed by atoms with Gasteiger partial charge in [-0.15, -0.1) is 11.3 Å². The van der Waals surface area contributed by atoms with E-state index in [-0.39, 0.29) is 41.5 Å². The quantitative estimate of drug-likeness (QED) is 0.350. The number of Topliss-reactive ketones (excluding diaryl/α,β-unsaturated/α-hetero) is 1. The number of thiophene rings is 1. The van der Waals surface area contributed by atoms with Gasteiger partial charge in [0, 0.05) is 12.3 Å². The van der Waals surface area contributed by atoms with E-state index in [1.165, 1.54) is 18.3 Å². The van der Waals surface area contributed by atoms with Crippen LogP contribution in [0.2, 0.25) is 0 Å². The Morgan fingerprint density at radius 2 is 2.06 bits per heavy atom. The molecule has 0 saturated heterocycles. The number of allylic oxidation sites excluding steroid dienone is 1. The average molecular weight is 489 g/mol. The van der Waals surface area contributed by atoms with Crippen LogP contribution < -0.4 is 0 Å². The van der Waals surface area contributed by atoms with E-state index in [4.69, 9.17) is 9.47 Å². The fourth-order valence-corrected chi connectivity index (χ4v) is 8.93. The molecule has 5 saturated carbocycles. The van der Waals surface area contributed by atoms with E-state index in [2.05, 4.69) is 13.5 Å². The van der Waals surface area contributed by atoms with Gasteiger partial charge in [-0.25, -0.2) is 0 Å². The first-order valence-electron chi connectivity index (χ1n) is 12.5. The standard InChI is InChI=1S/C27H36O6S/c1-16-18-7-10-27(23(16)30)21(12-18)26(15-32-17(2)28)9-5-8-25(3,20(26)13-22(27)29)14-33-24(31)19-6-4-11-34-19/h4,6,11,18,20-22,24,29,31H,1,5,7-10,12-15H2,2-3H3. The Bertz CT molecular complexity index is 974. The highest BCUT2D eigenvalue weighted by atomic mass is 32.1. The van der Waals surface area contributed by atoms with Gasteiger partial charge in [0.25, 0.3) is 0 Å². The van der Waals surface area contributed by atoms with Crippen molar-refractivity contribution in [1.29, 1.82) is 0 Å². The molecule has 0 aliphatic heterocycles. The number of fused-ring (bicyclic) bond motifs is 3. The van der Waals surface area contributed by atoms with Crippen LogP contribution in [0.25, 0.3) is 0 Å². The maximum absolute atomic E-state index is 13.6. The van der Waals surface area contributed by atoms with Crippen LogP contribution in [0.3, 0.4) is 0 Å². The molecule has 5 fully saturated rings. The number of carbonyl (C=O) groups is 2. The third-order valence-corrected chi connectivity index (χ3v) is 10.7. The van der Waals surface area contributed by atoms with Crippen molar-refractivity contribution in [2.75, 3.05) is 13.2 Å². The summed E-state index contributed by atoms with van der Waals surface area (Å²) in [6.07, 6.45) is 3.79. The molecule has 0 radical (unpaired) electrons. The summed E-state index contributed by atoms with van der Waals surface area (Å²) in [5.41, 5.74) is -0.873. The van der Waals surface area contributed by atoms with Crippen molar-refractivity contribution in [2.45, 2.75) is 71.2 Å². The number of rotatable bonds is 6. The maximum atomic E-state index is 13.6. The predicted octanol–water partition coefficient (Wildman–Crippen LogP) is 4.42. The van der Waals surface area contributed by atoms with Gasteiger partial charge in [0.2, 0.25) is 0 Å². The topological polar surface area (TPSA) is 93.1 Å². The Labute approximate surface area is 205 Å². The predicted molar refractivity (Wildman–Crippen MR) is 128 cm³/mol. The Kier molecular flexibility index (Phi) is 6.07. The SMILES string of the molecule is C=C1C(=O)C23CCC1CC2C1(COC(C)=O)CCCC(C)(COC(O)c2cccs2)C1CC3O. The van der Waals surface area contributed by atoms with E-state index in [9.17, 15) is 19.8 Å². The monoisotopic (exact) mass is 488 g/mol. The van der Waals surface area contributed by atoms with Crippen LogP contribution in [0.5, 0.6) is 0 Å². The number of esters is 1. The van der Waals surface area contributed by atoms with Crippen molar-refractivity contribution in [3.63, 3.8) is 0 Å². The molecule has 0 aromatic carbocycles. The van der Waals surface area contributed by atoms with E-state index < -0.39 is 23.2 Å². The molecule has 6 nitrogen and oxygen atoms in total. The third-order valence-electron chi connectivity index (χ3n) is 9.83. The first-order valence-corrected chi connectivity index (χ1v) is 13.4. The minimum absolute atomic E-state index is 0.00896. The third kappa shape index (κ3) is 3.46. The van der Waals surface area contributed by atoms with Gasteiger partial charge in [0.1, 0.15) is 0 Å². The minimum atomic E-state index is -0.989. The number of ketones is 1. The number of ether oxygens (including phenoxy) is 2.